The molecule has 2 rings (SSSR count). The lowest BCUT2D eigenvalue weighted by Gasteiger charge is -2.00. The number of esters is 1. The van der Waals surface area contributed by atoms with Crippen molar-refractivity contribution in [1.82, 2.24) is 0 Å². The molecule has 0 aliphatic rings. The van der Waals surface area contributed by atoms with Crippen LogP contribution in [0.5, 0.6) is 0 Å². The third-order valence-electron chi connectivity index (χ3n) is 3.30. The zero-order chi connectivity index (χ0) is 24.2. The largest absolute Gasteiger partial charge is 0.481 e. The van der Waals surface area contributed by atoms with Gasteiger partial charge in [-0.15, -0.1) is 0 Å². The van der Waals surface area contributed by atoms with Gasteiger partial charge in [-0.1, -0.05) is 56.1 Å². The van der Waals surface area contributed by atoms with Crippen molar-refractivity contribution in [1.29, 1.82) is 0 Å². The molecular formula is C22H27Br2ClO6. The van der Waals surface area contributed by atoms with Crippen molar-refractivity contribution in [3.63, 3.8) is 0 Å². The number of rotatable bonds is 6. The minimum atomic E-state index is -0.752. The number of carbonyl (C=O) groups excluding carboxylic acids is 2. The molecule has 0 aromatic heterocycles. The molecule has 0 aliphatic carbocycles. The Morgan fingerprint density at radius 2 is 1.16 bits per heavy atom. The van der Waals surface area contributed by atoms with Crippen LogP contribution in [-0.4, -0.2) is 41.6 Å². The molecule has 0 heterocycles. The smallest absolute Gasteiger partial charge is 0.305 e. The second-order valence-corrected chi connectivity index (χ2v) is 8.06. The van der Waals surface area contributed by atoms with E-state index in [4.69, 9.17) is 10.2 Å². The number of aliphatic hydroxyl groups is 1. The summed E-state index contributed by atoms with van der Waals surface area (Å²) < 4.78 is 6.61. The van der Waals surface area contributed by atoms with Crippen LogP contribution in [0.1, 0.15) is 30.9 Å². The first-order valence-electron chi connectivity index (χ1n) is 9.02. The van der Waals surface area contributed by atoms with Crippen molar-refractivity contribution >= 4 is 60.6 Å². The van der Waals surface area contributed by atoms with Crippen molar-refractivity contribution in [2.75, 3.05) is 14.2 Å². The van der Waals surface area contributed by atoms with Gasteiger partial charge in [-0.05, 0) is 59.8 Å². The minimum absolute atomic E-state index is 0.164. The maximum Gasteiger partial charge on any atom is 0.305 e. The van der Waals surface area contributed by atoms with Crippen molar-refractivity contribution in [3.8, 4) is 0 Å². The standard InChI is InChI=1S/C10H11BrO2.C9H9BrO2.C2H3ClO.CH4O/c1-13-10(12)7-4-8-2-5-9(11)6-3-8;10-8-4-1-7(2-5-8)3-6-9(11)12;1-2(3)4;1-2/h2-3,5-6H,4,7H2,1H3;1-2,4-5H,3,6H2,(H,11,12);1H3;2H,1H3. The van der Waals surface area contributed by atoms with Gasteiger partial charge in [-0.25, -0.2) is 0 Å². The average Bonchev–Trinajstić information content (AvgIpc) is 2.74. The summed E-state index contributed by atoms with van der Waals surface area (Å²) in [4.78, 5) is 30.3. The number of carbonyl (C=O) groups is 3. The summed E-state index contributed by atoms with van der Waals surface area (Å²) in [5.74, 6) is -0.916. The number of methoxy groups -OCH3 is 1. The Morgan fingerprint density at radius 1 is 0.839 bits per heavy atom. The first-order chi connectivity index (χ1) is 14.6. The van der Waals surface area contributed by atoms with E-state index in [0.29, 0.717) is 12.8 Å². The minimum Gasteiger partial charge on any atom is -0.481 e. The van der Waals surface area contributed by atoms with Crippen LogP contribution in [0.3, 0.4) is 0 Å². The topological polar surface area (TPSA) is 101 Å². The molecule has 172 valence electrons. The lowest BCUT2D eigenvalue weighted by molar-refractivity contribution is -0.140. The van der Waals surface area contributed by atoms with Crippen LogP contribution in [0.15, 0.2) is 57.5 Å². The summed E-state index contributed by atoms with van der Waals surface area (Å²) in [7, 11) is 2.41. The van der Waals surface area contributed by atoms with Crippen LogP contribution in [0.4, 0.5) is 0 Å². The molecule has 2 aromatic carbocycles. The fourth-order valence-corrected chi connectivity index (χ4v) is 2.43. The molecule has 2 aromatic rings. The summed E-state index contributed by atoms with van der Waals surface area (Å²) in [5, 5.41) is 15.1. The summed E-state index contributed by atoms with van der Waals surface area (Å²) in [5.41, 5.74) is 2.20. The highest BCUT2D eigenvalue weighted by Crippen LogP contribution is 2.12. The van der Waals surface area contributed by atoms with E-state index < -0.39 is 5.97 Å². The number of aliphatic carboxylic acids is 1. The molecule has 0 aliphatic heterocycles. The Bertz CT molecular complexity index is 761. The average molecular weight is 583 g/mol. The SMILES string of the molecule is CC(=O)Cl.CO.COC(=O)CCc1ccc(Br)cc1.O=C(O)CCc1ccc(Br)cc1. The highest BCUT2D eigenvalue weighted by Gasteiger charge is 2.00. The molecule has 31 heavy (non-hydrogen) atoms. The van der Waals surface area contributed by atoms with Gasteiger partial charge in [-0.3, -0.25) is 14.4 Å². The van der Waals surface area contributed by atoms with Gasteiger partial charge < -0.3 is 14.9 Å². The maximum atomic E-state index is 10.8. The van der Waals surface area contributed by atoms with Gasteiger partial charge in [-0.2, -0.15) is 0 Å². The number of halogens is 3. The Hall–Kier alpha value is -1.74. The fraction of sp³-hybridized carbons (Fsp3) is 0.318. The number of hydrogen-bond donors (Lipinski definition) is 2. The summed E-state index contributed by atoms with van der Waals surface area (Å²) in [6, 6.07) is 15.6. The van der Waals surface area contributed by atoms with Crippen LogP contribution in [0.25, 0.3) is 0 Å². The van der Waals surface area contributed by atoms with Crippen molar-refractivity contribution in [2.45, 2.75) is 32.6 Å². The van der Waals surface area contributed by atoms with E-state index in [1.54, 1.807) is 0 Å². The molecule has 0 fully saturated rings. The van der Waals surface area contributed by atoms with Gasteiger partial charge in [0, 0.05) is 35.8 Å². The lowest BCUT2D eigenvalue weighted by atomic mass is 10.1. The molecule has 0 atom stereocenters. The molecule has 0 amide bonds. The lowest BCUT2D eigenvalue weighted by Crippen LogP contribution is -2.01. The summed E-state index contributed by atoms with van der Waals surface area (Å²) in [6.07, 6.45) is 1.97. The van der Waals surface area contributed by atoms with E-state index in [2.05, 4.69) is 48.2 Å². The first kappa shape index (κ1) is 31.4. The van der Waals surface area contributed by atoms with Crippen molar-refractivity contribution < 1.29 is 29.3 Å². The molecule has 0 radical (unpaired) electrons. The van der Waals surface area contributed by atoms with Crippen molar-refractivity contribution in [2.24, 2.45) is 0 Å². The van der Waals surface area contributed by atoms with Crippen LogP contribution < -0.4 is 0 Å². The number of aliphatic hydroxyl groups excluding tert-OH is 1. The molecule has 0 saturated heterocycles. The second-order valence-electron chi connectivity index (χ2n) is 5.69. The van der Waals surface area contributed by atoms with Gasteiger partial charge in [0.05, 0.1) is 7.11 Å². The molecule has 6 nitrogen and oxygen atoms in total. The van der Waals surface area contributed by atoms with Crippen LogP contribution in [0, 0.1) is 0 Å². The molecule has 0 bridgehead atoms. The molecule has 0 saturated carbocycles. The van der Waals surface area contributed by atoms with Crippen LogP contribution in [-0.2, 0) is 32.0 Å². The highest BCUT2D eigenvalue weighted by molar-refractivity contribution is 9.10. The van der Waals surface area contributed by atoms with Gasteiger partial charge in [0.1, 0.15) is 0 Å². The number of ether oxygens (including phenoxy) is 1. The van der Waals surface area contributed by atoms with Crippen LogP contribution in [0.2, 0.25) is 0 Å². The van der Waals surface area contributed by atoms with Gasteiger partial charge >= 0.3 is 11.9 Å². The summed E-state index contributed by atoms with van der Waals surface area (Å²) in [6.45, 7) is 1.29. The number of carboxylic acid groups (broad SMARTS) is 1. The Morgan fingerprint density at radius 3 is 1.45 bits per heavy atom. The van der Waals surface area contributed by atoms with E-state index in [-0.39, 0.29) is 17.6 Å². The highest BCUT2D eigenvalue weighted by atomic mass is 79.9. The van der Waals surface area contributed by atoms with E-state index in [9.17, 15) is 14.4 Å². The monoisotopic (exact) mass is 580 g/mol. The Kier molecular flexibility index (Phi) is 20.5. The molecule has 2 N–H and O–H groups in total. The van der Waals surface area contributed by atoms with Gasteiger partial charge in [0.2, 0.25) is 5.24 Å². The molecule has 0 spiro atoms. The number of aryl methyl sites for hydroxylation is 2. The zero-order valence-electron chi connectivity index (χ0n) is 17.6. The number of hydrogen-bond acceptors (Lipinski definition) is 5. The Balaban J connectivity index is 0. The maximum absolute atomic E-state index is 10.8. The summed E-state index contributed by atoms with van der Waals surface area (Å²) >= 11 is 11.3. The number of benzene rings is 2. The van der Waals surface area contributed by atoms with E-state index in [1.807, 2.05) is 48.5 Å². The van der Waals surface area contributed by atoms with E-state index >= 15 is 0 Å². The predicted octanol–water partition coefficient (Wildman–Crippen LogP) is 5.40. The molecule has 0 unspecified atom stereocenters. The van der Waals surface area contributed by atoms with Crippen molar-refractivity contribution in [3.05, 3.63) is 68.6 Å². The quantitative estimate of drug-likeness (QED) is 0.349. The third kappa shape index (κ3) is 21.3. The normalized spacial score (nSPS) is 8.87. The van der Waals surface area contributed by atoms with Crippen LogP contribution >= 0.6 is 43.5 Å². The Labute approximate surface area is 204 Å². The molecule has 9 heteroatoms. The third-order valence-corrected chi connectivity index (χ3v) is 4.36. The fourth-order valence-electron chi connectivity index (χ4n) is 1.90. The predicted molar refractivity (Wildman–Crippen MR) is 129 cm³/mol. The van der Waals surface area contributed by atoms with Gasteiger partial charge in [0.25, 0.3) is 0 Å². The first-order valence-corrected chi connectivity index (χ1v) is 11.0. The zero-order valence-corrected chi connectivity index (χ0v) is 21.5. The second kappa shape index (κ2) is 20.2. The van der Waals surface area contributed by atoms with E-state index in [0.717, 1.165) is 33.6 Å². The van der Waals surface area contributed by atoms with Gasteiger partial charge in [0.15, 0.2) is 0 Å². The molecular weight excluding hydrogens is 555 g/mol. The van der Waals surface area contributed by atoms with E-state index in [1.165, 1.54) is 14.0 Å². The number of carboxylic acids is 1.